The van der Waals surface area contributed by atoms with E-state index in [0.29, 0.717) is 16.8 Å². The molecule has 2 rings (SSSR count). The van der Waals surface area contributed by atoms with Gasteiger partial charge in [0.15, 0.2) is 12.4 Å². The normalized spacial score (nSPS) is 11.5. The molecule has 2 amide bonds. The number of ether oxygens (including phenoxy) is 1. The summed E-state index contributed by atoms with van der Waals surface area (Å²) in [5, 5.41) is 5.25. The summed E-state index contributed by atoms with van der Waals surface area (Å²) in [6.07, 6.45) is 0. The van der Waals surface area contributed by atoms with Gasteiger partial charge in [0.2, 0.25) is 0 Å². The van der Waals surface area contributed by atoms with Crippen LogP contribution in [0.2, 0.25) is 0 Å². The molecule has 158 valence electrons. The van der Waals surface area contributed by atoms with Gasteiger partial charge in [0.25, 0.3) is 11.8 Å². The Balaban J connectivity index is 1.99. The third-order valence-corrected chi connectivity index (χ3v) is 4.52. The molecule has 7 nitrogen and oxygen atoms in total. The van der Waals surface area contributed by atoms with Crippen molar-refractivity contribution in [1.29, 1.82) is 0 Å². The summed E-state index contributed by atoms with van der Waals surface area (Å²) in [7, 11) is 0. The van der Waals surface area contributed by atoms with E-state index in [1.807, 2.05) is 6.07 Å². The van der Waals surface area contributed by atoms with Gasteiger partial charge in [-0.3, -0.25) is 14.4 Å². The number of hydrogen-bond donors (Lipinski definition) is 2. The Morgan fingerprint density at radius 1 is 0.933 bits per heavy atom. The second kappa shape index (κ2) is 10.3. The van der Waals surface area contributed by atoms with Gasteiger partial charge in [-0.2, -0.15) is 0 Å². The molecular formula is C23H26N2O5. The van der Waals surface area contributed by atoms with Gasteiger partial charge in [0, 0.05) is 11.1 Å². The lowest BCUT2D eigenvalue weighted by atomic mass is 10.0. The number of para-hydroxylation sites is 1. The van der Waals surface area contributed by atoms with Gasteiger partial charge < -0.3 is 15.4 Å². The van der Waals surface area contributed by atoms with Crippen molar-refractivity contribution in [3.63, 3.8) is 0 Å². The molecule has 0 aliphatic rings. The Bertz CT molecular complexity index is 952. The molecule has 0 aliphatic heterocycles. The first-order chi connectivity index (χ1) is 14.2. The molecule has 30 heavy (non-hydrogen) atoms. The van der Waals surface area contributed by atoms with Crippen molar-refractivity contribution in [1.82, 2.24) is 5.32 Å². The van der Waals surface area contributed by atoms with Crippen LogP contribution in [0, 0.1) is 12.8 Å². The zero-order valence-corrected chi connectivity index (χ0v) is 17.5. The van der Waals surface area contributed by atoms with E-state index in [-0.39, 0.29) is 17.6 Å². The molecule has 0 spiro atoms. The first-order valence-electron chi connectivity index (χ1n) is 9.63. The topological polar surface area (TPSA) is 102 Å². The zero-order valence-electron chi connectivity index (χ0n) is 17.5. The molecule has 2 N–H and O–H groups in total. The van der Waals surface area contributed by atoms with Crippen LogP contribution in [0.4, 0.5) is 5.69 Å². The second-order valence-electron chi connectivity index (χ2n) is 7.27. The fourth-order valence-electron chi connectivity index (χ4n) is 2.86. The van der Waals surface area contributed by atoms with Crippen molar-refractivity contribution in [3.8, 4) is 0 Å². The van der Waals surface area contributed by atoms with Crippen LogP contribution in [-0.2, 0) is 14.3 Å². The first kappa shape index (κ1) is 22.8. The minimum absolute atomic E-state index is 0.193. The number of anilines is 1. The summed E-state index contributed by atoms with van der Waals surface area (Å²) < 4.78 is 5.12. The summed E-state index contributed by atoms with van der Waals surface area (Å²) >= 11 is 0. The number of Topliss-reactive ketones (excluding diaryl/α,β-unsaturated/α-hetero) is 1. The Hall–Kier alpha value is -3.48. The van der Waals surface area contributed by atoms with E-state index in [1.54, 1.807) is 63.2 Å². The molecule has 0 bridgehead atoms. The molecule has 0 radical (unpaired) electrons. The largest absolute Gasteiger partial charge is 0.454 e. The van der Waals surface area contributed by atoms with Gasteiger partial charge in [-0.05, 0) is 43.5 Å². The van der Waals surface area contributed by atoms with E-state index < -0.39 is 24.5 Å². The summed E-state index contributed by atoms with van der Waals surface area (Å²) in [6.45, 7) is 6.21. The van der Waals surface area contributed by atoms with Crippen molar-refractivity contribution in [2.24, 2.45) is 5.92 Å². The second-order valence-corrected chi connectivity index (χ2v) is 7.27. The first-order valence-corrected chi connectivity index (χ1v) is 9.63. The van der Waals surface area contributed by atoms with Crippen molar-refractivity contribution in [3.05, 3.63) is 65.2 Å². The minimum atomic E-state index is -0.908. The Morgan fingerprint density at radius 2 is 1.53 bits per heavy atom. The average molecular weight is 410 g/mol. The van der Waals surface area contributed by atoms with Crippen LogP contribution in [0.25, 0.3) is 0 Å². The third kappa shape index (κ3) is 6.01. The van der Waals surface area contributed by atoms with Crippen LogP contribution in [0.5, 0.6) is 0 Å². The van der Waals surface area contributed by atoms with Gasteiger partial charge in [0.05, 0.1) is 5.69 Å². The van der Waals surface area contributed by atoms with E-state index in [4.69, 9.17) is 4.74 Å². The summed E-state index contributed by atoms with van der Waals surface area (Å²) in [5.41, 5.74) is 1.96. The van der Waals surface area contributed by atoms with E-state index in [9.17, 15) is 19.2 Å². The number of carbonyl (C=O) groups excluding carboxylic acids is 4. The SMILES string of the molecule is CC(=O)c1ccccc1NC(=O)COC(=O)[C@@H](NC(=O)c1ccccc1C)C(C)C. The lowest BCUT2D eigenvalue weighted by molar-refractivity contribution is -0.150. The predicted octanol–water partition coefficient (Wildman–Crippen LogP) is 3.13. The monoisotopic (exact) mass is 410 g/mol. The third-order valence-electron chi connectivity index (χ3n) is 4.52. The molecule has 0 fully saturated rings. The smallest absolute Gasteiger partial charge is 0.329 e. The Kier molecular flexibility index (Phi) is 7.86. The standard InChI is InChI=1S/C23H26N2O5/c1-14(2)21(25-22(28)17-10-6-5-9-15(17)3)23(29)30-13-20(27)24-19-12-8-7-11-18(19)16(4)26/h5-12,14,21H,13H2,1-4H3,(H,24,27)(H,25,28)/t21-/m0/s1. The van der Waals surface area contributed by atoms with Gasteiger partial charge >= 0.3 is 5.97 Å². The number of amides is 2. The number of hydrogen-bond acceptors (Lipinski definition) is 5. The van der Waals surface area contributed by atoms with Crippen molar-refractivity contribution in [2.75, 3.05) is 11.9 Å². The molecule has 0 heterocycles. The average Bonchev–Trinajstić information content (AvgIpc) is 2.70. The summed E-state index contributed by atoms with van der Waals surface area (Å²) in [6, 6.07) is 12.7. The van der Waals surface area contributed by atoms with Crippen LogP contribution in [0.15, 0.2) is 48.5 Å². The van der Waals surface area contributed by atoms with Crippen LogP contribution < -0.4 is 10.6 Å². The van der Waals surface area contributed by atoms with Crippen LogP contribution >= 0.6 is 0 Å². The van der Waals surface area contributed by atoms with Gasteiger partial charge in [-0.1, -0.05) is 44.2 Å². The fraction of sp³-hybridized carbons (Fsp3) is 0.304. The molecule has 0 saturated carbocycles. The van der Waals surface area contributed by atoms with E-state index in [2.05, 4.69) is 10.6 Å². The molecule has 2 aromatic rings. The van der Waals surface area contributed by atoms with Crippen molar-refractivity contribution in [2.45, 2.75) is 33.7 Å². The van der Waals surface area contributed by atoms with E-state index >= 15 is 0 Å². The van der Waals surface area contributed by atoms with Gasteiger partial charge in [0.1, 0.15) is 6.04 Å². The zero-order chi connectivity index (χ0) is 22.3. The quantitative estimate of drug-likeness (QED) is 0.514. The number of rotatable bonds is 8. The lowest BCUT2D eigenvalue weighted by Gasteiger charge is -2.21. The van der Waals surface area contributed by atoms with Crippen molar-refractivity contribution < 1.29 is 23.9 Å². The molecule has 2 aromatic carbocycles. The molecule has 0 aromatic heterocycles. The highest BCUT2D eigenvalue weighted by Crippen LogP contribution is 2.15. The lowest BCUT2D eigenvalue weighted by Crippen LogP contribution is -2.46. The Labute approximate surface area is 175 Å². The number of benzene rings is 2. The molecule has 7 heteroatoms. The van der Waals surface area contributed by atoms with Crippen LogP contribution in [-0.4, -0.2) is 36.2 Å². The fourth-order valence-corrected chi connectivity index (χ4v) is 2.86. The number of carbonyl (C=O) groups is 4. The minimum Gasteiger partial charge on any atom is -0.454 e. The van der Waals surface area contributed by atoms with Crippen LogP contribution in [0.3, 0.4) is 0 Å². The van der Waals surface area contributed by atoms with Crippen LogP contribution in [0.1, 0.15) is 47.1 Å². The number of aryl methyl sites for hydroxylation is 1. The Morgan fingerprint density at radius 3 is 2.13 bits per heavy atom. The highest BCUT2D eigenvalue weighted by atomic mass is 16.5. The maximum atomic E-state index is 12.5. The predicted molar refractivity (Wildman–Crippen MR) is 113 cm³/mol. The number of ketones is 1. The molecule has 1 atom stereocenters. The highest BCUT2D eigenvalue weighted by molar-refractivity contribution is 6.04. The van der Waals surface area contributed by atoms with E-state index in [1.165, 1.54) is 6.92 Å². The number of nitrogens with one attached hydrogen (secondary N) is 2. The summed E-state index contributed by atoms with van der Waals surface area (Å²) in [4.78, 5) is 48.9. The van der Waals surface area contributed by atoms with Crippen molar-refractivity contribution >= 4 is 29.3 Å². The molecule has 0 aliphatic carbocycles. The summed E-state index contributed by atoms with van der Waals surface area (Å²) in [5.74, 6) is -2.11. The molecule has 0 saturated heterocycles. The number of esters is 1. The van der Waals surface area contributed by atoms with Gasteiger partial charge in [-0.25, -0.2) is 4.79 Å². The maximum absolute atomic E-state index is 12.5. The highest BCUT2D eigenvalue weighted by Gasteiger charge is 2.27. The molecular weight excluding hydrogens is 384 g/mol. The maximum Gasteiger partial charge on any atom is 0.329 e. The van der Waals surface area contributed by atoms with E-state index in [0.717, 1.165) is 5.56 Å². The van der Waals surface area contributed by atoms with Gasteiger partial charge in [-0.15, -0.1) is 0 Å². The molecule has 0 unspecified atom stereocenters.